The molecular formula is C75H146O17P2. The van der Waals surface area contributed by atoms with E-state index in [1.165, 1.54) is 231 Å². The van der Waals surface area contributed by atoms with Crippen molar-refractivity contribution < 1.29 is 80.2 Å². The van der Waals surface area contributed by atoms with Crippen molar-refractivity contribution in [3.63, 3.8) is 0 Å². The van der Waals surface area contributed by atoms with Crippen LogP contribution in [0.3, 0.4) is 0 Å². The third-order valence-electron chi connectivity index (χ3n) is 17.6. The van der Waals surface area contributed by atoms with Crippen LogP contribution in [0.25, 0.3) is 0 Å². The third-order valence-corrected chi connectivity index (χ3v) is 19.5. The molecule has 0 aliphatic heterocycles. The van der Waals surface area contributed by atoms with Crippen LogP contribution < -0.4 is 0 Å². The van der Waals surface area contributed by atoms with Crippen molar-refractivity contribution in [1.82, 2.24) is 0 Å². The highest BCUT2D eigenvalue weighted by Crippen LogP contribution is 2.45. The molecule has 0 aromatic carbocycles. The molecule has 0 bridgehead atoms. The van der Waals surface area contributed by atoms with Gasteiger partial charge in [-0.05, 0) is 25.7 Å². The number of aliphatic hydroxyl groups is 1. The van der Waals surface area contributed by atoms with E-state index in [-0.39, 0.29) is 25.7 Å². The van der Waals surface area contributed by atoms with E-state index < -0.39 is 97.5 Å². The monoisotopic (exact) mass is 1380 g/mol. The molecule has 0 fully saturated rings. The Balaban J connectivity index is 5.22. The number of carbonyl (C=O) groups excluding carboxylic acids is 4. The number of rotatable bonds is 76. The molecule has 0 amide bonds. The van der Waals surface area contributed by atoms with Gasteiger partial charge in [-0.3, -0.25) is 37.3 Å². The van der Waals surface area contributed by atoms with E-state index in [0.717, 1.165) is 89.9 Å². The molecule has 0 rings (SSSR count). The highest BCUT2D eigenvalue weighted by Gasteiger charge is 2.30. The average molecular weight is 1380 g/mol. The van der Waals surface area contributed by atoms with Gasteiger partial charge in [0.2, 0.25) is 0 Å². The van der Waals surface area contributed by atoms with Crippen molar-refractivity contribution in [1.29, 1.82) is 0 Å². The van der Waals surface area contributed by atoms with Crippen molar-refractivity contribution in [2.75, 3.05) is 39.6 Å². The number of esters is 4. The zero-order chi connectivity index (χ0) is 69.0. The van der Waals surface area contributed by atoms with E-state index in [1.807, 2.05) is 0 Å². The first-order valence-electron chi connectivity index (χ1n) is 39.3. The van der Waals surface area contributed by atoms with E-state index in [9.17, 15) is 43.2 Å². The summed E-state index contributed by atoms with van der Waals surface area (Å²) < 4.78 is 68.5. The van der Waals surface area contributed by atoms with Crippen molar-refractivity contribution in [2.45, 2.75) is 418 Å². The second-order valence-electron chi connectivity index (χ2n) is 27.0. The number of carbonyl (C=O) groups is 4. The Hall–Kier alpha value is -1.94. The first-order chi connectivity index (χ1) is 45.7. The molecule has 0 saturated heterocycles. The van der Waals surface area contributed by atoms with Gasteiger partial charge in [-0.1, -0.05) is 349 Å². The van der Waals surface area contributed by atoms with Gasteiger partial charge < -0.3 is 33.8 Å². The molecule has 94 heavy (non-hydrogen) atoms. The maximum atomic E-state index is 13.1. The zero-order valence-electron chi connectivity index (χ0n) is 60.9. The third kappa shape index (κ3) is 68.6. The Labute approximate surface area is 575 Å². The molecule has 17 nitrogen and oxygen atoms in total. The number of phosphoric ester groups is 2. The van der Waals surface area contributed by atoms with Gasteiger partial charge in [0.1, 0.15) is 19.3 Å². The van der Waals surface area contributed by atoms with Gasteiger partial charge in [0.25, 0.3) is 0 Å². The SMILES string of the molecule is CCCCCCCCCCCCCCCCCCCC(=O)O[C@H](COC(=O)CCCCCCCCCCCCCCCCCC)COP(=O)(O)OC[C@@H](O)COP(=O)(O)OC[C@@H](COC(=O)CCCCCCCCCCCC)OC(=O)CCCCCCCCCCCCC. The lowest BCUT2D eigenvalue weighted by atomic mass is 10.0. The number of phosphoric acid groups is 2. The quantitative estimate of drug-likeness (QED) is 0.0222. The predicted molar refractivity (Wildman–Crippen MR) is 382 cm³/mol. The van der Waals surface area contributed by atoms with E-state index in [2.05, 4.69) is 27.7 Å². The Morgan fingerprint density at radius 3 is 0.628 bits per heavy atom. The van der Waals surface area contributed by atoms with Gasteiger partial charge in [0.05, 0.1) is 26.4 Å². The molecule has 3 N–H and O–H groups in total. The summed E-state index contributed by atoms with van der Waals surface area (Å²) in [5.41, 5.74) is 0. The van der Waals surface area contributed by atoms with E-state index in [1.54, 1.807) is 0 Å². The minimum absolute atomic E-state index is 0.108. The average Bonchev–Trinajstić information content (AvgIpc) is 2.52. The van der Waals surface area contributed by atoms with Gasteiger partial charge in [-0.2, -0.15) is 0 Å². The van der Waals surface area contributed by atoms with Crippen molar-refractivity contribution in [3.05, 3.63) is 0 Å². The minimum atomic E-state index is -4.95. The molecule has 19 heteroatoms. The van der Waals surface area contributed by atoms with Crippen LogP contribution in [-0.2, 0) is 65.4 Å². The number of hydrogen-bond donors (Lipinski definition) is 3. The normalized spacial score (nSPS) is 13.9. The van der Waals surface area contributed by atoms with Crippen LogP contribution >= 0.6 is 15.6 Å². The van der Waals surface area contributed by atoms with Crippen LogP contribution in [0, 0.1) is 0 Å². The molecule has 5 atom stereocenters. The van der Waals surface area contributed by atoms with Gasteiger partial charge in [-0.25, -0.2) is 9.13 Å². The molecular weight excluding hydrogens is 1230 g/mol. The van der Waals surface area contributed by atoms with Gasteiger partial charge in [0, 0.05) is 25.7 Å². The minimum Gasteiger partial charge on any atom is -0.462 e. The summed E-state index contributed by atoms with van der Waals surface area (Å²) in [4.78, 5) is 72.7. The molecule has 0 aliphatic carbocycles. The summed E-state index contributed by atoms with van der Waals surface area (Å²) in [6.45, 7) is 4.98. The van der Waals surface area contributed by atoms with E-state index in [0.29, 0.717) is 25.7 Å². The Morgan fingerprint density at radius 2 is 0.426 bits per heavy atom. The van der Waals surface area contributed by atoms with Crippen LogP contribution in [-0.4, -0.2) is 96.7 Å². The molecule has 2 unspecified atom stereocenters. The lowest BCUT2D eigenvalue weighted by Gasteiger charge is -2.21. The number of hydrogen-bond acceptors (Lipinski definition) is 15. The maximum absolute atomic E-state index is 13.1. The van der Waals surface area contributed by atoms with Crippen LogP contribution in [0.5, 0.6) is 0 Å². The summed E-state index contributed by atoms with van der Waals surface area (Å²) in [5.74, 6) is -2.11. The second kappa shape index (κ2) is 69.5. The first kappa shape index (κ1) is 92.1. The molecule has 0 aromatic heterocycles. The van der Waals surface area contributed by atoms with E-state index >= 15 is 0 Å². The van der Waals surface area contributed by atoms with Crippen LogP contribution in [0.4, 0.5) is 0 Å². The smallest absolute Gasteiger partial charge is 0.462 e. The highest BCUT2D eigenvalue weighted by molar-refractivity contribution is 7.47. The zero-order valence-corrected chi connectivity index (χ0v) is 62.7. The van der Waals surface area contributed by atoms with Crippen LogP contribution in [0.2, 0.25) is 0 Å². The van der Waals surface area contributed by atoms with Crippen molar-refractivity contribution in [3.8, 4) is 0 Å². The Bertz CT molecular complexity index is 1790. The standard InChI is InChI=1S/C75H146O17P2/c1-5-9-13-17-21-25-29-31-33-35-37-39-42-46-50-54-58-62-75(80)92-71(66-86-73(78)60-56-52-48-44-41-38-36-34-32-30-26-22-18-14-10-6-2)68-90-94(83,84)88-64-69(76)63-87-93(81,82)89-67-70(65-85-72(77)59-55-51-47-43-28-24-20-16-12-8-4)91-74(79)61-57-53-49-45-40-27-23-19-15-11-7-3/h69-71,76H,5-68H2,1-4H3,(H,81,82)(H,83,84)/t69-,70+,71+/m0/s1. The summed E-state index contributed by atoms with van der Waals surface area (Å²) >= 11 is 0. The molecule has 0 saturated carbocycles. The summed E-state index contributed by atoms with van der Waals surface area (Å²) in [5, 5.41) is 10.6. The lowest BCUT2D eigenvalue weighted by molar-refractivity contribution is -0.161. The fourth-order valence-corrected chi connectivity index (χ4v) is 13.2. The molecule has 0 heterocycles. The fourth-order valence-electron chi connectivity index (χ4n) is 11.6. The van der Waals surface area contributed by atoms with Gasteiger partial charge in [0.15, 0.2) is 12.2 Å². The topological polar surface area (TPSA) is 237 Å². The molecule has 0 radical (unpaired) electrons. The maximum Gasteiger partial charge on any atom is 0.472 e. The molecule has 0 aliphatic rings. The summed E-state index contributed by atoms with van der Waals surface area (Å²) in [6, 6.07) is 0. The second-order valence-corrected chi connectivity index (χ2v) is 29.9. The highest BCUT2D eigenvalue weighted by atomic mass is 31.2. The number of unbranched alkanes of at least 4 members (excludes halogenated alkanes) is 50. The number of ether oxygens (including phenoxy) is 4. The summed E-state index contributed by atoms with van der Waals surface area (Å²) in [6.07, 6.45) is 59.5. The van der Waals surface area contributed by atoms with Crippen LogP contribution in [0.1, 0.15) is 400 Å². The summed E-state index contributed by atoms with van der Waals surface area (Å²) in [7, 11) is -9.90. The molecule has 558 valence electrons. The largest absolute Gasteiger partial charge is 0.472 e. The van der Waals surface area contributed by atoms with E-state index in [4.69, 9.17) is 37.0 Å². The molecule has 0 aromatic rings. The predicted octanol–water partition coefficient (Wildman–Crippen LogP) is 22.2. The fraction of sp³-hybridized carbons (Fsp3) is 0.947. The van der Waals surface area contributed by atoms with Gasteiger partial charge in [-0.15, -0.1) is 0 Å². The Morgan fingerprint density at radius 1 is 0.255 bits per heavy atom. The first-order valence-corrected chi connectivity index (χ1v) is 42.3. The number of aliphatic hydroxyl groups excluding tert-OH is 1. The van der Waals surface area contributed by atoms with Crippen molar-refractivity contribution >= 4 is 39.5 Å². The van der Waals surface area contributed by atoms with Crippen LogP contribution in [0.15, 0.2) is 0 Å². The Kier molecular flexibility index (Phi) is 68.1. The molecule has 0 spiro atoms. The lowest BCUT2D eigenvalue weighted by Crippen LogP contribution is -2.30. The van der Waals surface area contributed by atoms with Gasteiger partial charge >= 0.3 is 39.5 Å². The van der Waals surface area contributed by atoms with Crippen molar-refractivity contribution in [2.24, 2.45) is 0 Å².